The summed E-state index contributed by atoms with van der Waals surface area (Å²) in [5.41, 5.74) is 1.08. The minimum Gasteiger partial charge on any atom is -0.414 e. The maximum absolute atomic E-state index is 12.9. The highest BCUT2D eigenvalue weighted by Gasteiger charge is 2.72. The van der Waals surface area contributed by atoms with Crippen molar-refractivity contribution >= 4 is 8.32 Å². The summed E-state index contributed by atoms with van der Waals surface area (Å²) in [5.74, 6) is -1.01. The predicted octanol–water partition coefficient (Wildman–Crippen LogP) is 9.42. The van der Waals surface area contributed by atoms with Crippen LogP contribution < -0.4 is 0 Å². The van der Waals surface area contributed by atoms with Gasteiger partial charge in [0.25, 0.3) is 0 Å². The molecule has 0 unspecified atom stereocenters. The van der Waals surface area contributed by atoms with Crippen LogP contribution in [0.15, 0.2) is 121 Å². The Bertz CT molecular complexity index is 1810. The number of benzene rings is 4. The van der Waals surface area contributed by atoms with E-state index in [0.717, 1.165) is 29.5 Å². The van der Waals surface area contributed by atoms with Gasteiger partial charge in [0.05, 0.1) is 39.6 Å². The average Bonchev–Trinajstić information content (AvgIpc) is 3.51. The Hall–Kier alpha value is -3.22. The summed E-state index contributed by atoms with van der Waals surface area (Å²) >= 11 is 0. The first-order valence-electron chi connectivity index (χ1n) is 21.1. The zero-order valence-corrected chi connectivity index (χ0v) is 36.5. The molecule has 0 radical (unpaired) electrons. The molecule has 8 nitrogen and oxygen atoms in total. The molecule has 0 aliphatic carbocycles. The van der Waals surface area contributed by atoms with Crippen LogP contribution in [-0.2, 0) is 54.4 Å². The van der Waals surface area contributed by atoms with Crippen LogP contribution in [0.2, 0.25) is 18.1 Å². The third kappa shape index (κ3) is 10.6. The SMILES string of the molecule is C[C@H](Cc1ccccc1)[C@@H](CCC[C@@]12O[C@H](COCc3ccccc3)[C@@](O)(COCc3ccccc3)[C@](CO)(C[C@@H]1OCc1ccccc1)O2)O[Si](C)(C)C(C)(C)C. The summed E-state index contributed by atoms with van der Waals surface area (Å²) in [5, 5.41) is 24.3. The minimum absolute atomic E-state index is 0.00194. The predicted molar refractivity (Wildman–Crippen MR) is 231 cm³/mol. The van der Waals surface area contributed by atoms with Gasteiger partial charge in [0, 0.05) is 18.9 Å². The maximum Gasteiger partial charge on any atom is 0.196 e. The van der Waals surface area contributed by atoms with Crippen molar-refractivity contribution in [3.8, 4) is 0 Å². The molecule has 0 spiro atoms. The van der Waals surface area contributed by atoms with Gasteiger partial charge in [-0.1, -0.05) is 149 Å². The quantitative estimate of drug-likeness (QED) is 0.0805. The van der Waals surface area contributed by atoms with Gasteiger partial charge in [0.15, 0.2) is 14.1 Å². The second-order valence-electron chi connectivity index (χ2n) is 18.0. The zero-order valence-electron chi connectivity index (χ0n) is 35.5. The van der Waals surface area contributed by atoms with Gasteiger partial charge in [-0.05, 0) is 65.6 Å². The Morgan fingerprint density at radius 3 is 1.81 bits per heavy atom. The van der Waals surface area contributed by atoms with Crippen molar-refractivity contribution < 1.29 is 38.3 Å². The molecule has 0 aromatic heterocycles. The van der Waals surface area contributed by atoms with Gasteiger partial charge in [0.2, 0.25) is 0 Å². The van der Waals surface area contributed by atoms with Crippen molar-refractivity contribution in [2.45, 2.75) is 133 Å². The van der Waals surface area contributed by atoms with Gasteiger partial charge in [-0.25, -0.2) is 0 Å². The van der Waals surface area contributed by atoms with Crippen LogP contribution >= 0.6 is 0 Å². The molecule has 4 aromatic carbocycles. The molecule has 0 saturated carbocycles. The van der Waals surface area contributed by atoms with Crippen LogP contribution in [0.1, 0.15) is 75.6 Å². The van der Waals surface area contributed by atoms with Gasteiger partial charge >= 0.3 is 0 Å². The number of aliphatic hydroxyl groups excluding tert-OH is 1. The Balaban J connectivity index is 1.29. The van der Waals surface area contributed by atoms with Crippen molar-refractivity contribution in [1.29, 1.82) is 0 Å². The third-order valence-electron chi connectivity index (χ3n) is 12.7. The second-order valence-corrected chi connectivity index (χ2v) is 22.8. The number of ether oxygens (including phenoxy) is 5. The Labute approximate surface area is 347 Å². The van der Waals surface area contributed by atoms with E-state index in [1.807, 2.05) is 91.0 Å². The second kappa shape index (κ2) is 19.4. The maximum atomic E-state index is 12.9. The van der Waals surface area contributed by atoms with Crippen LogP contribution in [0.5, 0.6) is 0 Å². The molecule has 2 heterocycles. The van der Waals surface area contributed by atoms with Crippen LogP contribution in [0.3, 0.4) is 0 Å². The third-order valence-corrected chi connectivity index (χ3v) is 17.2. The lowest BCUT2D eigenvalue weighted by molar-refractivity contribution is -0.407. The first-order valence-corrected chi connectivity index (χ1v) is 24.0. The normalized spacial score (nSPS) is 25.7. The smallest absolute Gasteiger partial charge is 0.196 e. The molecule has 2 bridgehead atoms. The lowest BCUT2D eigenvalue weighted by Gasteiger charge is -2.53. The molecule has 0 amide bonds. The van der Waals surface area contributed by atoms with Crippen LogP contribution in [0.25, 0.3) is 0 Å². The number of aliphatic hydroxyl groups is 2. The van der Waals surface area contributed by atoms with Crippen LogP contribution in [0, 0.1) is 5.92 Å². The van der Waals surface area contributed by atoms with Crippen molar-refractivity contribution in [2.24, 2.45) is 5.92 Å². The topological polar surface area (TPSA) is 95.8 Å². The van der Waals surface area contributed by atoms with E-state index in [9.17, 15) is 10.2 Å². The van der Waals surface area contributed by atoms with E-state index in [4.69, 9.17) is 28.1 Å². The molecule has 2 aliphatic rings. The van der Waals surface area contributed by atoms with Gasteiger partial charge in [0.1, 0.15) is 23.4 Å². The standard InChI is InChI=1S/C49H66O8Si/c1-38(30-39-20-11-7-12-21-39)43(56-58(5,6)46(2,3)4)28-19-29-49-44(54-34-42-26-17-10-18-27-42)31-47(36-50,57-49)48(51,37-53-33-41-24-15-9-16-25-41)45(55-49)35-52-32-40-22-13-8-14-23-40/h7-18,20-27,38,43-45,50-51H,19,28-37H2,1-6H3/t38-,43-,44+,45-,47-,48+,49+/m1/s1. The fourth-order valence-corrected chi connectivity index (χ4v) is 9.65. The fourth-order valence-electron chi connectivity index (χ4n) is 8.19. The molecule has 4 aromatic rings. The number of hydrogen-bond acceptors (Lipinski definition) is 8. The average molecular weight is 811 g/mol. The van der Waals surface area contributed by atoms with Gasteiger partial charge in [-0.3, -0.25) is 0 Å². The molecule has 58 heavy (non-hydrogen) atoms. The molecule has 314 valence electrons. The molecule has 6 rings (SSSR count). The highest BCUT2D eigenvalue weighted by Crippen LogP contribution is 2.55. The summed E-state index contributed by atoms with van der Waals surface area (Å²) in [7, 11) is -2.13. The van der Waals surface area contributed by atoms with Crippen molar-refractivity contribution in [1.82, 2.24) is 0 Å². The van der Waals surface area contributed by atoms with Crippen LogP contribution in [0.4, 0.5) is 0 Å². The van der Waals surface area contributed by atoms with E-state index in [-0.39, 0.29) is 43.3 Å². The molecule has 2 fully saturated rings. The van der Waals surface area contributed by atoms with Gasteiger partial charge < -0.3 is 38.3 Å². The fraction of sp³-hybridized carbons (Fsp3) is 0.510. The van der Waals surface area contributed by atoms with E-state index in [1.54, 1.807) is 0 Å². The largest absolute Gasteiger partial charge is 0.414 e. The summed E-state index contributed by atoms with van der Waals surface area (Å²) in [6.07, 6.45) is 1.60. The van der Waals surface area contributed by atoms with Gasteiger partial charge in [-0.2, -0.15) is 0 Å². The Kier molecular flexibility index (Phi) is 14.9. The molecule has 2 aliphatic heterocycles. The van der Waals surface area contributed by atoms with Crippen molar-refractivity contribution in [2.75, 3.05) is 19.8 Å². The lowest BCUT2D eigenvalue weighted by Crippen LogP contribution is -2.72. The number of hydrogen-bond donors (Lipinski definition) is 2. The molecule has 7 atom stereocenters. The zero-order chi connectivity index (χ0) is 41.3. The highest BCUT2D eigenvalue weighted by atomic mass is 28.4. The number of fused-ring (bicyclic) bond motifs is 2. The highest BCUT2D eigenvalue weighted by molar-refractivity contribution is 6.74. The molecular weight excluding hydrogens is 745 g/mol. The summed E-state index contributed by atoms with van der Waals surface area (Å²) in [6.45, 7) is 14.2. The first-order chi connectivity index (χ1) is 27.8. The van der Waals surface area contributed by atoms with E-state index < -0.39 is 44.1 Å². The van der Waals surface area contributed by atoms with E-state index in [1.165, 1.54) is 5.56 Å². The summed E-state index contributed by atoms with van der Waals surface area (Å²) in [6, 6.07) is 40.4. The Morgan fingerprint density at radius 2 is 1.28 bits per heavy atom. The summed E-state index contributed by atoms with van der Waals surface area (Å²) in [4.78, 5) is 0. The van der Waals surface area contributed by atoms with Gasteiger partial charge in [-0.15, -0.1) is 0 Å². The molecule has 9 heteroatoms. The van der Waals surface area contributed by atoms with E-state index in [2.05, 4.69) is 71.1 Å². The Morgan fingerprint density at radius 1 is 0.759 bits per heavy atom. The lowest BCUT2D eigenvalue weighted by atomic mass is 9.77. The minimum atomic E-state index is -2.13. The van der Waals surface area contributed by atoms with E-state index >= 15 is 0 Å². The summed E-state index contributed by atoms with van der Waals surface area (Å²) < 4.78 is 40.7. The molecular formula is C49H66O8Si. The van der Waals surface area contributed by atoms with E-state index in [0.29, 0.717) is 26.1 Å². The first kappa shape index (κ1) is 44.3. The molecule has 2 saturated heterocycles. The monoisotopic (exact) mass is 810 g/mol. The van der Waals surface area contributed by atoms with Crippen LogP contribution in [-0.4, -0.2) is 73.7 Å². The van der Waals surface area contributed by atoms with Crippen molar-refractivity contribution in [3.05, 3.63) is 144 Å². The van der Waals surface area contributed by atoms with Crippen molar-refractivity contribution in [3.63, 3.8) is 0 Å². The number of rotatable bonds is 21. The molecule has 2 N–H and O–H groups in total.